The van der Waals surface area contributed by atoms with Crippen LogP contribution in [0.2, 0.25) is 0 Å². The van der Waals surface area contributed by atoms with Crippen molar-refractivity contribution < 1.29 is 5.11 Å². The van der Waals surface area contributed by atoms with Crippen LogP contribution in [0.15, 0.2) is 54.6 Å². The maximum Gasteiger partial charge on any atom is 0.159 e. The standard InChI is InChI=1S/C19H22N4O/c24-15-14-21-10-12-22(13-11-21)19-17-8-4-5-9-18(17)23(20-19)16-6-2-1-3-7-16/h1-9,24H,10-15H2. The van der Waals surface area contributed by atoms with Gasteiger partial charge >= 0.3 is 0 Å². The maximum absolute atomic E-state index is 9.10. The molecule has 0 atom stereocenters. The van der Waals surface area contributed by atoms with Crippen LogP contribution in [0.4, 0.5) is 5.82 Å². The number of β-amino-alcohol motifs (C(OH)–C–C–N with tert-alkyl or cyclic N) is 1. The van der Waals surface area contributed by atoms with Crippen molar-refractivity contribution >= 4 is 16.7 Å². The molecule has 5 heteroatoms. The number of rotatable bonds is 4. The van der Waals surface area contributed by atoms with E-state index >= 15 is 0 Å². The molecule has 1 aromatic heterocycles. The Morgan fingerprint density at radius 2 is 1.58 bits per heavy atom. The highest BCUT2D eigenvalue weighted by Crippen LogP contribution is 2.28. The van der Waals surface area contributed by atoms with Crippen molar-refractivity contribution in [3.05, 3.63) is 54.6 Å². The van der Waals surface area contributed by atoms with Crippen LogP contribution in [0.3, 0.4) is 0 Å². The molecule has 1 fully saturated rings. The first-order valence-corrected chi connectivity index (χ1v) is 8.48. The van der Waals surface area contributed by atoms with Crippen molar-refractivity contribution in [2.75, 3.05) is 44.2 Å². The number of aliphatic hydroxyl groups is 1. The second-order valence-corrected chi connectivity index (χ2v) is 6.14. The second kappa shape index (κ2) is 6.63. The van der Waals surface area contributed by atoms with Gasteiger partial charge in [-0.25, -0.2) is 4.68 Å². The number of para-hydroxylation sites is 2. The number of aromatic nitrogens is 2. The van der Waals surface area contributed by atoms with Crippen LogP contribution in [-0.2, 0) is 0 Å². The molecule has 0 radical (unpaired) electrons. The Kier molecular flexibility index (Phi) is 4.19. The summed E-state index contributed by atoms with van der Waals surface area (Å²) >= 11 is 0. The lowest BCUT2D eigenvalue weighted by Crippen LogP contribution is -2.47. The molecule has 2 aromatic carbocycles. The Balaban J connectivity index is 1.70. The molecule has 1 saturated heterocycles. The molecule has 3 aromatic rings. The van der Waals surface area contributed by atoms with Gasteiger partial charge in [0.15, 0.2) is 5.82 Å². The molecule has 1 aliphatic rings. The fraction of sp³-hybridized carbons (Fsp3) is 0.316. The van der Waals surface area contributed by atoms with Gasteiger partial charge in [-0.3, -0.25) is 4.90 Å². The van der Waals surface area contributed by atoms with Crippen molar-refractivity contribution in [1.29, 1.82) is 0 Å². The minimum absolute atomic E-state index is 0.228. The monoisotopic (exact) mass is 322 g/mol. The van der Waals surface area contributed by atoms with Crippen molar-refractivity contribution in [1.82, 2.24) is 14.7 Å². The van der Waals surface area contributed by atoms with Crippen LogP contribution >= 0.6 is 0 Å². The molecule has 0 bridgehead atoms. The lowest BCUT2D eigenvalue weighted by molar-refractivity contribution is 0.188. The molecule has 0 saturated carbocycles. The molecule has 5 nitrogen and oxygen atoms in total. The third-order valence-corrected chi connectivity index (χ3v) is 4.66. The summed E-state index contributed by atoms with van der Waals surface area (Å²) in [7, 11) is 0. The summed E-state index contributed by atoms with van der Waals surface area (Å²) in [5.41, 5.74) is 2.22. The summed E-state index contributed by atoms with van der Waals surface area (Å²) in [6.07, 6.45) is 0. The van der Waals surface area contributed by atoms with Crippen LogP contribution in [0.25, 0.3) is 16.6 Å². The normalized spacial score (nSPS) is 16.0. The summed E-state index contributed by atoms with van der Waals surface area (Å²) in [5.74, 6) is 1.05. The molecule has 2 heterocycles. The van der Waals surface area contributed by atoms with E-state index in [-0.39, 0.29) is 6.61 Å². The first-order chi connectivity index (χ1) is 11.9. The Hall–Kier alpha value is -2.37. The van der Waals surface area contributed by atoms with Gasteiger partial charge in [-0.15, -0.1) is 5.10 Å². The minimum atomic E-state index is 0.228. The molecular weight excluding hydrogens is 300 g/mol. The molecule has 1 N–H and O–H groups in total. The van der Waals surface area contributed by atoms with Crippen LogP contribution in [0, 0.1) is 0 Å². The van der Waals surface area contributed by atoms with E-state index in [1.165, 1.54) is 5.39 Å². The third-order valence-electron chi connectivity index (χ3n) is 4.66. The van der Waals surface area contributed by atoms with Crippen LogP contribution in [0.5, 0.6) is 0 Å². The summed E-state index contributed by atoms with van der Waals surface area (Å²) in [6, 6.07) is 18.7. The summed E-state index contributed by atoms with van der Waals surface area (Å²) in [6.45, 7) is 4.80. The highest BCUT2D eigenvalue weighted by Gasteiger charge is 2.21. The first kappa shape index (κ1) is 15.2. The number of hydrogen-bond acceptors (Lipinski definition) is 4. The van der Waals surface area contributed by atoms with Crippen LogP contribution in [-0.4, -0.2) is 59.1 Å². The molecule has 0 amide bonds. The van der Waals surface area contributed by atoms with E-state index in [1.807, 2.05) is 22.9 Å². The van der Waals surface area contributed by atoms with Gasteiger partial charge in [0, 0.05) is 38.1 Å². The van der Waals surface area contributed by atoms with Gasteiger partial charge < -0.3 is 10.0 Å². The van der Waals surface area contributed by atoms with Gasteiger partial charge in [-0.05, 0) is 24.3 Å². The number of anilines is 1. The second-order valence-electron chi connectivity index (χ2n) is 6.14. The van der Waals surface area contributed by atoms with Gasteiger partial charge in [0.25, 0.3) is 0 Å². The van der Waals surface area contributed by atoms with Gasteiger partial charge in [0.05, 0.1) is 17.8 Å². The molecule has 124 valence electrons. The molecule has 0 aliphatic carbocycles. The summed E-state index contributed by atoms with van der Waals surface area (Å²) < 4.78 is 2.03. The van der Waals surface area contributed by atoms with Crippen molar-refractivity contribution in [2.24, 2.45) is 0 Å². The van der Waals surface area contributed by atoms with E-state index in [1.54, 1.807) is 0 Å². The Labute approximate surface area is 141 Å². The Morgan fingerprint density at radius 3 is 2.33 bits per heavy atom. The van der Waals surface area contributed by atoms with Crippen LogP contribution < -0.4 is 4.90 Å². The lowest BCUT2D eigenvalue weighted by atomic mass is 10.2. The zero-order valence-corrected chi connectivity index (χ0v) is 13.7. The number of piperazine rings is 1. The maximum atomic E-state index is 9.10. The zero-order valence-electron chi connectivity index (χ0n) is 13.7. The Morgan fingerprint density at radius 1 is 0.875 bits per heavy atom. The number of hydrogen-bond donors (Lipinski definition) is 1. The molecule has 4 rings (SSSR count). The fourth-order valence-corrected chi connectivity index (χ4v) is 3.37. The van der Waals surface area contributed by atoms with Gasteiger partial charge in [0.2, 0.25) is 0 Å². The smallest absolute Gasteiger partial charge is 0.159 e. The summed E-state index contributed by atoms with van der Waals surface area (Å²) in [5, 5.41) is 15.2. The minimum Gasteiger partial charge on any atom is -0.395 e. The predicted octanol–water partition coefficient (Wildman–Crippen LogP) is 2.14. The molecule has 0 spiro atoms. The highest BCUT2D eigenvalue weighted by atomic mass is 16.3. The quantitative estimate of drug-likeness (QED) is 0.799. The third kappa shape index (κ3) is 2.77. The van der Waals surface area contributed by atoms with E-state index in [0.717, 1.165) is 49.7 Å². The highest BCUT2D eigenvalue weighted by molar-refractivity contribution is 5.91. The largest absolute Gasteiger partial charge is 0.395 e. The molecule has 24 heavy (non-hydrogen) atoms. The molecular formula is C19H22N4O. The van der Waals surface area contributed by atoms with E-state index in [9.17, 15) is 0 Å². The average Bonchev–Trinajstić information content (AvgIpc) is 3.03. The van der Waals surface area contributed by atoms with Crippen molar-refractivity contribution in [3.63, 3.8) is 0 Å². The molecule has 1 aliphatic heterocycles. The zero-order chi connectivity index (χ0) is 16.4. The lowest BCUT2D eigenvalue weighted by Gasteiger charge is -2.34. The van der Waals surface area contributed by atoms with Gasteiger partial charge in [-0.1, -0.05) is 30.3 Å². The number of benzene rings is 2. The van der Waals surface area contributed by atoms with E-state index in [2.05, 4.69) is 46.2 Å². The number of fused-ring (bicyclic) bond motifs is 1. The van der Waals surface area contributed by atoms with E-state index in [0.29, 0.717) is 0 Å². The summed E-state index contributed by atoms with van der Waals surface area (Å²) in [4.78, 5) is 4.66. The Bertz CT molecular complexity index is 807. The average molecular weight is 322 g/mol. The van der Waals surface area contributed by atoms with Crippen molar-refractivity contribution in [3.8, 4) is 5.69 Å². The van der Waals surface area contributed by atoms with E-state index in [4.69, 9.17) is 10.2 Å². The SMILES string of the molecule is OCCN1CCN(c2nn(-c3ccccc3)c3ccccc23)CC1. The van der Waals surface area contributed by atoms with Gasteiger partial charge in [0.1, 0.15) is 0 Å². The number of nitrogens with zero attached hydrogens (tertiary/aromatic N) is 4. The fourth-order valence-electron chi connectivity index (χ4n) is 3.37. The van der Waals surface area contributed by atoms with E-state index < -0.39 is 0 Å². The predicted molar refractivity (Wildman–Crippen MR) is 96.8 cm³/mol. The van der Waals surface area contributed by atoms with Crippen LogP contribution in [0.1, 0.15) is 0 Å². The number of aliphatic hydroxyl groups excluding tert-OH is 1. The first-order valence-electron chi connectivity index (χ1n) is 8.48. The van der Waals surface area contributed by atoms with Crippen molar-refractivity contribution in [2.45, 2.75) is 0 Å². The molecule has 0 unspecified atom stereocenters. The van der Waals surface area contributed by atoms with Gasteiger partial charge in [-0.2, -0.15) is 0 Å². The topological polar surface area (TPSA) is 44.5 Å².